The number of benzene rings is 2. The Bertz CT molecular complexity index is 975. The lowest BCUT2D eigenvalue weighted by Crippen LogP contribution is -2.39. The first-order valence-corrected chi connectivity index (χ1v) is 13.8. The first-order chi connectivity index (χ1) is 19.0. The van der Waals surface area contributed by atoms with Gasteiger partial charge < -0.3 is 30.0 Å². The van der Waals surface area contributed by atoms with Crippen LogP contribution in [0.1, 0.15) is 52.0 Å². The summed E-state index contributed by atoms with van der Waals surface area (Å²) >= 11 is 0. The molecule has 0 unspecified atom stereocenters. The van der Waals surface area contributed by atoms with Crippen molar-refractivity contribution in [3.63, 3.8) is 0 Å². The van der Waals surface area contributed by atoms with Crippen LogP contribution in [-0.4, -0.2) is 89.0 Å². The summed E-state index contributed by atoms with van der Waals surface area (Å²) in [4.78, 5) is 27.1. The molecule has 1 aliphatic rings. The zero-order valence-corrected chi connectivity index (χ0v) is 23.1. The number of Topliss-reactive ketones (excluding diaryl/α,β-unsaturated/α-hetero) is 1. The van der Waals surface area contributed by atoms with Crippen LogP contribution >= 0.6 is 0 Å². The predicted molar refractivity (Wildman–Crippen MR) is 150 cm³/mol. The SMILES string of the molecule is COCCOc1ccc(C(=O)NCCOCCOCCCC(=O)c2ccc(CN3CCC(N)CC3)cc2)cc1. The van der Waals surface area contributed by atoms with Crippen molar-refractivity contribution in [3.05, 3.63) is 65.2 Å². The molecule has 3 rings (SSSR count). The van der Waals surface area contributed by atoms with Gasteiger partial charge in [-0.2, -0.15) is 0 Å². The van der Waals surface area contributed by atoms with Crippen molar-refractivity contribution in [1.29, 1.82) is 0 Å². The Labute approximate surface area is 231 Å². The summed E-state index contributed by atoms with van der Waals surface area (Å²) in [6.07, 6.45) is 3.22. The van der Waals surface area contributed by atoms with E-state index in [4.69, 9.17) is 24.7 Å². The minimum Gasteiger partial charge on any atom is -0.491 e. The second-order valence-corrected chi connectivity index (χ2v) is 9.68. The topological polar surface area (TPSA) is 112 Å². The molecular weight excluding hydrogens is 498 g/mol. The Morgan fingerprint density at radius 3 is 2.23 bits per heavy atom. The van der Waals surface area contributed by atoms with Gasteiger partial charge in [0, 0.05) is 50.4 Å². The van der Waals surface area contributed by atoms with E-state index in [0.717, 1.165) is 38.0 Å². The van der Waals surface area contributed by atoms with Crippen molar-refractivity contribution in [3.8, 4) is 5.75 Å². The van der Waals surface area contributed by atoms with Crippen LogP contribution in [0.5, 0.6) is 5.75 Å². The number of carbonyl (C=O) groups is 2. The summed E-state index contributed by atoms with van der Waals surface area (Å²) in [5.41, 5.74) is 8.51. The number of amides is 1. The van der Waals surface area contributed by atoms with Crippen LogP contribution in [0.4, 0.5) is 0 Å². The van der Waals surface area contributed by atoms with Crippen LogP contribution in [0.3, 0.4) is 0 Å². The third kappa shape index (κ3) is 11.8. The summed E-state index contributed by atoms with van der Waals surface area (Å²) in [6, 6.07) is 15.2. The highest BCUT2D eigenvalue weighted by atomic mass is 16.5. The van der Waals surface area contributed by atoms with E-state index in [-0.39, 0.29) is 11.7 Å². The van der Waals surface area contributed by atoms with Crippen molar-refractivity contribution >= 4 is 11.7 Å². The van der Waals surface area contributed by atoms with E-state index < -0.39 is 0 Å². The molecule has 214 valence electrons. The zero-order valence-electron chi connectivity index (χ0n) is 23.1. The van der Waals surface area contributed by atoms with Crippen LogP contribution in [0.25, 0.3) is 0 Å². The van der Waals surface area contributed by atoms with E-state index in [2.05, 4.69) is 10.2 Å². The first-order valence-electron chi connectivity index (χ1n) is 13.8. The molecule has 9 heteroatoms. The van der Waals surface area contributed by atoms with Crippen LogP contribution in [0, 0.1) is 0 Å². The number of hydrogen-bond acceptors (Lipinski definition) is 8. The molecule has 2 aromatic rings. The van der Waals surface area contributed by atoms with Crippen LogP contribution in [-0.2, 0) is 20.8 Å². The number of carbonyl (C=O) groups excluding carboxylic acids is 2. The van der Waals surface area contributed by atoms with Crippen molar-refractivity contribution in [2.24, 2.45) is 5.73 Å². The Balaban J connectivity index is 1.17. The molecular formula is C30H43N3O6. The molecule has 0 spiro atoms. The predicted octanol–water partition coefficient (Wildman–Crippen LogP) is 3.06. The first kappa shape index (κ1) is 30.7. The van der Waals surface area contributed by atoms with Gasteiger partial charge in [0.05, 0.1) is 26.4 Å². The third-order valence-electron chi connectivity index (χ3n) is 6.58. The fourth-order valence-electron chi connectivity index (χ4n) is 4.25. The summed E-state index contributed by atoms with van der Waals surface area (Å²) < 4.78 is 21.5. The van der Waals surface area contributed by atoms with Gasteiger partial charge in [-0.15, -0.1) is 0 Å². The quantitative estimate of drug-likeness (QED) is 0.219. The number of nitrogens with zero attached hydrogens (tertiary/aromatic N) is 1. The number of nitrogens with two attached hydrogens (primary N) is 1. The number of nitrogens with one attached hydrogen (secondary N) is 1. The Hall–Kier alpha value is -2.82. The lowest BCUT2D eigenvalue weighted by molar-refractivity contribution is 0.0465. The van der Waals surface area contributed by atoms with E-state index in [9.17, 15) is 9.59 Å². The van der Waals surface area contributed by atoms with E-state index in [1.807, 2.05) is 24.3 Å². The Morgan fingerprint density at radius 2 is 1.54 bits per heavy atom. The van der Waals surface area contributed by atoms with Crippen molar-refractivity contribution in [2.45, 2.75) is 38.3 Å². The summed E-state index contributed by atoms with van der Waals surface area (Å²) in [5.74, 6) is 0.666. The van der Waals surface area contributed by atoms with Crippen LogP contribution in [0.2, 0.25) is 0 Å². The number of likely N-dealkylation sites (tertiary alicyclic amines) is 1. The fraction of sp³-hybridized carbons (Fsp3) is 0.533. The van der Waals surface area contributed by atoms with Crippen molar-refractivity contribution < 1.29 is 28.5 Å². The smallest absolute Gasteiger partial charge is 0.251 e. The molecule has 0 aliphatic carbocycles. The highest BCUT2D eigenvalue weighted by Gasteiger charge is 2.16. The molecule has 9 nitrogen and oxygen atoms in total. The summed E-state index contributed by atoms with van der Waals surface area (Å²) in [7, 11) is 1.62. The van der Waals surface area contributed by atoms with Crippen LogP contribution < -0.4 is 15.8 Å². The molecule has 0 aromatic heterocycles. The standard InChI is InChI=1S/C30H43N3O6/c1-36-19-22-39-28-10-8-26(9-11-28)30(35)32-14-18-38-21-20-37-17-2-3-29(34)25-6-4-24(5-7-25)23-33-15-12-27(31)13-16-33/h4-11,27H,2-3,12-23,31H2,1H3,(H,32,35). The van der Waals surface area contributed by atoms with Gasteiger partial charge in [-0.25, -0.2) is 0 Å². The van der Waals surface area contributed by atoms with E-state index in [1.165, 1.54) is 5.56 Å². The molecule has 0 atom stereocenters. The molecule has 1 amide bonds. The number of ether oxygens (including phenoxy) is 4. The van der Waals surface area contributed by atoms with Crippen molar-refractivity contribution in [2.75, 3.05) is 66.4 Å². The number of rotatable bonds is 18. The molecule has 1 aliphatic heterocycles. The molecule has 1 fully saturated rings. The Morgan fingerprint density at radius 1 is 0.872 bits per heavy atom. The maximum atomic E-state index is 12.5. The molecule has 0 saturated carbocycles. The molecule has 3 N–H and O–H groups in total. The van der Waals surface area contributed by atoms with E-state index >= 15 is 0 Å². The van der Waals surface area contributed by atoms with E-state index in [1.54, 1.807) is 31.4 Å². The van der Waals surface area contributed by atoms with Crippen LogP contribution in [0.15, 0.2) is 48.5 Å². The lowest BCUT2D eigenvalue weighted by Gasteiger charge is -2.30. The van der Waals surface area contributed by atoms with Crippen molar-refractivity contribution in [1.82, 2.24) is 10.2 Å². The summed E-state index contributed by atoms with van der Waals surface area (Å²) in [6.45, 7) is 6.14. The third-order valence-corrected chi connectivity index (χ3v) is 6.58. The highest BCUT2D eigenvalue weighted by Crippen LogP contribution is 2.15. The van der Waals surface area contributed by atoms with Gasteiger partial charge in [-0.05, 0) is 62.2 Å². The summed E-state index contributed by atoms with van der Waals surface area (Å²) in [5, 5.41) is 2.83. The normalized spacial score (nSPS) is 14.3. The van der Waals surface area contributed by atoms with Gasteiger partial charge in [-0.1, -0.05) is 24.3 Å². The second kappa shape index (κ2) is 17.7. The number of ketones is 1. The van der Waals surface area contributed by atoms with Gasteiger partial charge in [0.1, 0.15) is 12.4 Å². The minimum absolute atomic E-state index is 0.134. The maximum Gasteiger partial charge on any atom is 0.251 e. The molecule has 0 radical (unpaired) electrons. The average Bonchev–Trinajstić information content (AvgIpc) is 2.96. The second-order valence-electron chi connectivity index (χ2n) is 9.68. The molecule has 2 aromatic carbocycles. The monoisotopic (exact) mass is 541 g/mol. The molecule has 1 heterocycles. The van der Waals surface area contributed by atoms with Gasteiger partial charge in [0.2, 0.25) is 0 Å². The van der Waals surface area contributed by atoms with Gasteiger partial charge >= 0.3 is 0 Å². The fourth-order valence-corrected chi connectivity index (χ4v) is 4.25. The Kier molecular flexibility index (Phi) is 13.9. The molecule has 1 saturated heterocycles. The number of piperidine rings is 1. The van der Waals surface area contributed by atoms with Gasteiger partial charge in [-0.3, -0.25) is 14.5 Å². The number of methoxy groups -OCH3 is 1. The maximum absolute atomic E-state index is 12.5. The average molecular weight is 542 g/mol. The highest BCUT2D eigenvalue weighted by molar-refractivity contribution is 5.96. The van der Waals surface area contributed by atoms with Gasteiger partial charge in [0.15, 0.2) is 5.78 Å². The molecule has 0 bridgehead atoms. The van der Waals surface area contributed by atoms with Gasteiger partial charge in [0.25, 0.3) is 5.91 Å². The van der Waals surface area contributed by atoms with E-state index in [0.29, 0.717) is 76.4 Å². The lowest BCUT2D eigenvalue weighted by atomic mass is 10.0. The number of hydrogen-bond donors (Lipinski definition) is 2. The minimum atomic E-state index is -0.162. The largest absolute Gasteiger partial charge is 0.491 e. The molecule has 39 heavy (non-hydrogen) atoms. The zero-order chi connectivity index (χ0) is 27.7.